The Balaban J connectivity index is 2.33. The maximum Gasteiger partial charge on any atom is 0.205 e. The number of aryl methyl sites for hydroxylation is 4. The highest BCUT2D eigenvalue weighted by atomic mass is 15.2. The summed E-state index contributed by atoms with van der Waals surface area (Å²) in [5, 5.41) is 5.15. The maximum absolute atomic E-state index is 5.15. The Labute approximate surface area is 280 Å². The summed E-state index contributed by atoms with van der Waals surface area (Å²) < 4.78 is 2.10. The summed E-state index contributed by atoms with van der Waals surface area (Å²) in [7, 11) is 2.12. The summed E-state index contributed by atoms with van der Waals surface area (Å²) in [4.78, 5) is 0. The van der Waals surface area contributed by atoms with Gasteiger partial charge in [0.15, 0.2) is 7.05 Å². The molecule has 0 N–H and O–H groups in total. The molecular weight excluding hydrogens is 544 g/mol. The quantitative estimate of drug-likeness (QED) is 0.0634. The fourth-order valence-electron chi connectivity index (χ4n) is 6.82. The Morgan fingerprint density at radius 3 is 1.58 bits per heavy atom. The number of nitrogens with zero attached hydrogens (tertiary/aromatic N) is 2. The minimum atomic E-state index is 1.11. The highest BCUT2D eigenvalue weighted by Gasteiger charge is 2.14. The number of unbranched alkanes of at least 4 members (excludes halogenated alkanes) is 12. The lowest BCUT2D eigenvalue weighted by molar-refractivity contribution is -0.510. The van der Waals surface area contributed by atoms with Gasteiger partial charge in [-0.3, -0.25) is 0 Å². The molecule has 0 saturated heterocycles. The number of rotatable bonds is 24. The van der Waals surface area contributed by atoms with E-state index in [2.05, 4.69) is 90.6 Å². The Morgan fingerprint density at radius 2 is 1.04 bits per heavy atom. The molecule has 0 aliphatic carbocycles. The molecular formula is C43H71N2+. The zero-order valence-corrected chi connectivity index (χ0v) is 31.1. The first-order valence-corrected chi connectivity index (χ1v) is 19.3. The van der Waals surface area contributed by atoms with Gasteiger partial charge in [-0.05, 0) is 121 Å². The van der Waals surface area contributed by atoms with Gasteiger partial charge >= 0.3 is 0 Å². The first-order chi connectivity index (χ1) is 21.9. The highest BCUT2D eigenvalue weighted by molar-refractivity contribution is 5.55. The van der Waals surface area contributed by atoms with Crippen LogP contribution in [0.5, 0.6) is 0 Å². The number of allylic oxidation sites excluding steroid dienone is 1. The molecule has 252 valence electrons. The van der Waals surface area contributed by atoms with Crippen molar-refractivity contribution in [2.75, 3.05) is 7.05 Å². The van der Waals surface area contributed by atoms with E-state index in [0.717, 1.165) is 24.9 Å². The van der Waals surface area contributed by atoms with Gasteiger partial charge in [-0.15, -0.1) is 0 Å². The zero-order chi connectivity index (χ0) is 32.9. The van der Waals surface area contributed by atoms with Crippen LogP contribution in [0.25, 0.3) is 6.08 Å². The Bertz CT molecular complexity index is 1140. The van der Waals surface area contributed by atoms with Crippen molar-refractivity contribution in [1.82, 2.24) is 0 Å². The van der Waals surface area contributed by atoms with Crippen LogP contribution in [-0.2, 0) is 32.1 Å². The first-order valence-electron chi connectivity index (χ1n) is 19.3. The molecule has 0 amide bonds. The van der Waals surface area contributed by atoms with Crippen molar-refractivity contribution in [3.8, 4) is 0 Å². The number of benzene rings is 2. The van der Waals surface area contributed by atoms with Crippen LogP contribution in [0.2, 0.25) is 0 Å². The van der Waals surface area contributed by atoms with E-state index in [1.54, 1.807) is 16.7 Å². The molecule has 0 aromatic heterocycles. The van der Waals surface area contributed by atoms with Crippen LogP contribution in [0, 0.1) is 6.92 Å². The lowest BCUT2D eigenvalue weighted by atomic mass is 9.90. The average Bonchev–Trinajstić information content (AvgIpc) is 3.02. The maximum atomic E-state index is 5.15. The molecule has 2 aromatic carbocycles. The number of hydrogen-bond acceptors (Lipinski definition) is 1. The summed E-state index contributed by atoms with van der Waals surface area (Å²) in [6.45, 7) is 16.1. The molecule has 0 spiro atoms. The second-order valence-electron chi connectivity index (χ2n) is 13.7. The standard InChI is InChI=1S/C43H71N2/c1-9-14-18-20-22-24-28-38-32-37(30-35(6)43(38)29-25-23-21-19-15-10-2)31-36(7)45(8)44-41-33-39(26-16-11-3)42(13-5)40(34-41)27-17-12-4/h30-34H,9-29H2,1-8H3/q+1. The fraction of sp³-hybridized carbons (Fsp3) is 0.674. The molecule has 0 bridgehead atoms. The molecule has 45 heavy (non-hydrogen) atoms. The molecule has 0 aliphatic rings. The lowest BCUT2D eigenvalue weighted by Gasteiger charge is -2.15. The number of hydrogen-bond donors (Lipinski definition) is 0. The van der Waals surface area contributed by atoms with E-state index in [9.17, 15) is 0 Å². The Kier molecular flexibility index (Phi) is 20.0. The van der Waals surface area contributed by atoms with Crippen LogP contribution < -0.4 is 0 Å². The van der Waals surface area contributed by atoms with Gasteiger partial charge in [0.25, 0.3) is 0 Å². The molecule has 0 fully saturated rings. The van der Waals surface area contributed by atoms with Gasteiger partial charge in [0.2, 0.25) is 5.70 Å². The topological polar surface area (TPSA) is 15.4 Å². The van der Waals surface area contributed by atoms with Gasteiger partial charge in [-0.2, -0.15) is 0 Å². The lowest BCUT2D eigenvalue weighted by Crippen LogP contribution is -2.03. The monoisotopic (exact) mass is 616 g/mol. The van der Waals surface area contributed by atoms with Crippen LogP contribution in [-0.4, -0.2) is 11.7 Å². The van der Waals surface area contributed by atoms with Crippen LogP contribution in [0.1, 0.15) is 183 Å². The predicted molar refractivity (Wildman–Crippen MR) is 200 cm³/mol. The molecule has 0 atom stereocenters. The third-order valence-electron chi connectivity index (χ3n) is 9.69. The van der Waals surface area contributed by atoms with Gasteiger partial charge in [0, 0.05) is 13.0 Å². The second-order valence-corrected chi connectivity index (χ2v) is 13.7. The summed E-state index contributed by atoms with van der Waals surface area (Å²) in [6.07, 6.45) is 29.5. The van der Waals surface area contributed by atoms with Crippen molar-refractivity contribution in [2.24, 2.45) is 5.11 Å². The molecule has 0 saturated carbocycles. The van der Waals surface area contributed by atoms with Crippen LogP contribution in [0.3, 0.4) is 0 Å². The van der Waals surface area contributed by atoms with Gasteiger partial charge in [-0.25, -0.2) is 0 Å². The van der Waals surface area contributed by atoms with E-state index in [4.69, 9.17) is 5.11 Å². The molecule has 0 unspecified atom stereocenters. The zero-order valence-electron chi connectivity index (χ0n) is 31.1. The molecule has 2 rings (SSSR count). The fourth-order valence-corrected chi connectivity index (χ4v) is 6.82. The SMILES string of the molecule is CCCCCCCCc1cc(C=C(C)[N+](C)=Nc2cc(CCCC)c(CC)c(CCCC)c2)cc(C)c1CCCCCCCC. The molecule has 2 aromatic rings. The normalized spacial score (nSPS) is 12.4. The smallest absolute Gasteiger partial charge is 0.0909 e. The van der Waals surface area contributed by atoms with Crippen molar-refractivity contribution in [2.45, 2.75) is 183 Å². The summed E-state index contributed by atoms with van der Waals surface area (Å²) in [6, 6.07) is 9.67. The Morgan fingerprint density at radius 1 is 0.578 bits per heavy atom. The van der Waals surface area contributed by atoms with Gasteiger partial charge in [0.1, 0.15) is 5.69 Å². The van der Waals surface area contributed by atoms with Crippen molar-refractivity contribution in [3.05, 3.63) is 68.9 Å². The molecule has 2 heteroatoms. The van der Waals surface area contributed by atoms with Crippen LogP contribution >= 0.6 is 0 Å². The van der Waals surface area contributed by atoms with Crippen molar-refractivity contribution in [3.63, 3.8) is 0 Å². The van der Waals surface area contributed by atoms with E-state index < -0.39 is 0 Å². The van der Waals surface area contributed by atoms with E-state index in [1.807, 2.05) is 0 Å². The predicted octanol–water partition coefficient (Wildman–Crippen LogP) is 13.8. The average molecular weight is 616 g/mol. The summed E-state index contributed by atoms with van der Waals surface area (Å²) in [5.41, 5.74) is 12.9. The largest absolute Gasteiger partial charge is 0.205 e. The highest BCUT2D eigenvalue weighted by Crippen LogP contribution is 2.28. The van der Waals surface area contributed by atoms with Crippen LogP contribution in [0.15, 0.2) is 35.1 Å². The third-order valence-corrected chi connectivity index (χ3v) is 9.69. The minimum Gasteiger partial charge on any atom is -0.0909 e. The van der Waals surface area contributed by atoms with Crippen molar-refractivity contribution < 1.29 is 4.70 Å². The molecule has 0 radical (unpaired) electrons. The summed E-state index contributed by atoms with van der Waals surface area (Å²) in [5.74, 6) is 0. The van der Waals surface area contributed by atoms with Gasteiger partial charge in [-0.1, -0.05) is 128 Å². The molecule has 0 heterocycles. The van der Waals surface area contributed by atoms with E-state index in [-0.39, 0.29) is 0 Å². The van der Waals surface area contributed by atoms with Crippen LogP contribution in [0.4, 0.5) is 5.69 Å². The van der Waals surface area contributed by atoms with E-state index in [1.165, 1.54) is 144 Å². The third kappa shape index (κ3) is 14.4. The van der Waals surface area contributed by atoms with E-state index in [0.29, 0.717) is 0 Å². The summed E-state index contributed by atoms with van der Waals surface area (Å²) >= 11 is 0. The van der Waals surface area contributed by atoms with Crippen molar-refractivity contribution in [1.29, 1.82) is 0 Å². The Hall–Kier alpha value is -2.22. The second kappa shape index (κ2) is 23.2. The number of azo groups is 2. The minimum absolute atomic E-state index is 1.11. The molecule has 0 aliphatic heterocycles. The van der Waals surface area contributed by atoms with Gasteiger partial charge in [0.05, 0.1) is 0 Å². The van der Waals surface area contributed by atoms with Gasteiger partial charge < -0.3 is 0 Å². The van der Waals surface area contributed by atoms with Crippen molar-refractivity contribution >= 4 is 11.8 Å². The molecule has 2 nitrogen and oxygen atoms in total. The first kappa shape index (κ1) is 39.0. The van der Waals surface area contributed by atoms with E-state index >= 15 is 0 Å².